The van der Waals surface area contributed by atoms with Gasteiger partial charge in [-0.1, -0.05) is 76.2 Å². The summed E-state index contributed by atoms with van der Waals surface area (Å²) in [4.78, 5) is 394. The lowest BCUT2D eigenvalue weighted by atomic mass is 9.99. The minimum absolute atomic E-state index is 0.0380. The molecule has 0 unspecified atom stereocenters. The number of phosphoric ester groups is 2. The molecule has 0 aliphatic carbocycles. The summed E-state index contributed by atoms with van der Waals surface area (Å²) in [5.41, 5.74) is 5.76. The number of aliphatic carboxylic acids is 1. The molecule has 15 amide bonds. The second-order valence-electron chi connectivity index (χ2n) is 33.5. The first-order valence-electron chi connectivity index (χ1n) is 43.7. The Morgan fingerprint density at radius 1 is 0.403 bits per heavy atom. The van der Waals surface area contributed by atoms with E-state index in [1.807, 2.05) is 10.6 Å². The Morgan fingerprint density at radius 2 is 0.785 bits per heavy atom. The lowest BCUT2D eigenvalue weighted by molar-refractivity contribution is -0.145. The van der Waals surface area contributed by atoms with Gasteiger partial charge in [0, 0.05) is 50.4 Å². The van der Waals surface area contributed by atoms with Gasteiger partial charge in [0.1, 0.15) is 66.5 Å². The van der Waals surface area contributed by atoms with Gasteiger partial charge in [-0.3, -0.25) is 132 Å². The third kappa shape index (κ3) is 53.0. The number of aromatic nitrogens is 1. The number of carboxylic acid groups (broad SMARTS) is 1. The van der Waals surface area contributed by atoms with Gasteiger partial charge in [-0.2, -0.15) is 11.8 Å². The van der Waals surface area contributed by atoms with E-state index in [0.29, 0.717) is 4.34 Å². The van der Waals surface area contributed by atoms with Gasteiger partial charge in [-0.15, -0.1) is 0 Å². The summed E-state index contributed by atoms with van der Waals surface area (Å²) in [7, 11) is -43.3. The standard InChI is InChI=1S/C73H121N23O44P8S/c1-35(2)29-47(65(107)82-46(25-28-149-7)64(106)87-50(32-55(99)93-143(121,122)123)69(111)90-58(71(113)114)38(6)139-147(133,134)135)84-66(108)49(31-40-34-96(146(130,131)132)52-20-12-11-17-41(40)52)86-63(105)45(22-24-54(98)92-142(118,119)120)83-70(112)57(36(3)4)89-68(110)48(30-39-15-9-8-10-16-39)85-67(109)51(33-56(100)140-148(136,137)138)88-62(104)44(21-23-53(97)91-141(115,116)117)80-59(101)37(5)79-61(103)43(19-14-27-78-73(76)95-145(127,128)129)81-60(102)42(74)18-13-26-77-72(75)94-144(124,125)126/h8-12,15-17,20,34-38,42-51,57-58H,13-14,18-19,21-33,74H2,1-7H3,(H,79,103)(H,80,101)(H,81,102)(H,82,107)(H,83,112)(H,84,108)(H,85,109)(H,86,105)(H,87,106)(H,88,104)(H,89,110)(H,90,111)(H,113,114)(H2,130,131,132)(H2,133,134,135)(H2,136,137,138)(H3,91,97,115,116,117)(H3,92,98,118,119,120)(H3,93,99,121,122,123)(H5,75,77,94,124,125,126)(H5,76,78,95,127,128,129)/t37-,38+,42-,43-,44-,45-,46-,47-,48-,49-,50-,51-,57-,58-/m0/s1. The van der Waals surface area contributed by atoms with Crippen LogP contribution >= 0.6 is 73.9 Å². The molecule has 0 aliphatic heterocycles. The number of fused-ring (bicyclic) bond motifs is 1. The van der Waals surface area contributed by atoms with Crippen LogP contribution < -0.4 is 106 Å². The minimum Gasteiger partial charge on any atom is -0.480 e. The Balaban J connectivity index is 2.27. The van der Waals surface area contributed by atoms with Crippen LogP contribution in [-0.2, 0) is 140 Å². The molecule has 14 atom stereocenters. The number of carbonyl (C=O) groups is 17. The van der Waals surface area contributed by atoms with Crippen molar-refractivity contribution in [3.8, 4) is 0 Å². The smallest absolute Gasteiger partial charge is 0.480 e. The van der Waals surface area contributed by atoms with Crippen LogP contribution in [-0.4, -0.2) is 310 Å². The fraction of sp³-hybridized carbons (Fsp3) is 0.548. The number of carbonyl (C=O) groups excluding carboxylic acids is 16. The third-order valence-electron chi connectivity index (χ3n) is 20.0. The fourth-order valence-electron chi connectivity index (χ4n) is 13.4. The highest BCUT2D eigenvalue weighted by atomic mass is 32.2. The highest BCUT2D eigenvalue weighted by Crippen LogP contribution is 2.43. The van der Waals surface area contributed by atoms with E-state index < -0.39 is 342 Å². The zero-order chi connectivity index (χ0) is 114. The summed E-state index contributed by atoms with van der Waals surface area (Å²) in [5, 5.41) is 62.9. The highest BCUT2D eigenvalue weighted by molar-refractivity contribution is 7.98. The van der Waals surface area contributed by atoms with Gasteiger partial charge in [0.05, 0.1) is 30.5 Å². The lowest BCUT2D eigenvalue weighted by Gasteiger charge is -2.29. The lowest BCUT2D eigenvalue weighted by Crippen LogP contribution is -2.62. The molecule has 3 rings (SSSR count). The molecular formula is C73H121N23O44P8S. The van der Waals surface area contributed by atoms with E-state index in [0.717, 1.165) is 31.8 Å². The Kier molecular flexibility index (Phi) is 52.9. The van der Waals surface area contributed by atoms with Gasteiger partial charge in [-0.25, -0.2) is 41.3 Å². The molecule has 0 fully saturated rings. The predicted octanol–water partition coefficient (Wildman–Crippen LogP) is -8.85. The fourth-order valence-corrected chi connectivity index (χ4v) is 17.5. The first kappa shape index (κ1) is 132. The molecule has 67 nitrogen and oxygen atoms in total. The molecular weight excluding hydrogens is 2180 g/mol. The van der Waals surface area contributed by atoms with Crippen LogP contribution in [0.3, 0.4) is 0 Å². The first-order chi connectivity index (χ1) is 68.4. The average Bonchev–Trinajstić information content (AvgIpc) is 1.62. The van der Waals surface area contributed by atoms with Gasteiger partial charge in [-0.05, 0) is 106 Å². The number of para-hydroxylation sites is 1. The van der Waals surface area contributed by atoms with E-state index in [-0.39, 0.29) is 60.1 Å². The Labute approximate surface area is 849 Å². The van der Waals surface area contributed by atoms with Gasteiger partial charge in [0.25, 0.3) is 0 Å². The van der Waals surface area contributed by atoms with E-state index in [1.54, 1.807) is 10.4 Å². The predicted molar refractivity (Wildman–Crippen MR) is 514 cm³/mol. The number of guanidine groups is 2. The van der Waals surface area contributed by atoms with Crippen LogP contribution in [0.5, 0.6) is 0 Å². The Bertz CT molecular complexity index is 5710. The highest BCUT2D eigenvalue weighted by Gasteiger charge is 2.43. The van der Waals surface area contributed by atoms with Crippen LogP contribution in [0, 0.1) is 22.7 Å². The topological polar surface area (TPSA) is 1100 Å². The van der Waals surface area contributed by atoms with Crippen molar-refractivity contribution in [2.45, 2.75) is 216 Å². The van der Waals surface area contributed by atoms with Crippen LogP contribution in [0.1, 0.15) is 130 Å². The zero-order valence-electron chi connectivity index (χ0n) is 79.7. The van der Waals surface area contributed by atoms with Crippen LogP contribution in [0.25, 0.3) is 10.9 Å². The number of phosphoric acid groups is 2. The normalized spacial score (nSPS) is 14.9. The summed E-state index contributed by atoms with van der Waals surface area (Å²) >= 11 is 1.03. The summed E-state index contributed by atoms with van der Waals surface area (Å²) < 4.78 is 104. The van der Waals surface area contributed by atoms with E-state index in [4.69, 9.17) is 26.3 Å². The molecule has 76 heteroatoms. The number of hydrogen-bond acceptors (Lipinski definition) is 31. The van der Waals surface area contributed by atoms with Gasteiger partial charge in [0.15, 0.2) is 18.0 Å². The maximum Gasteiger partial charge on any atom is 0.526 e. The zero-order valence-corrected chi connectivity index (χ0v) is 87.6. The number of nitrogens with one attached hydrogen (secondary N) is 21. The molecule has 40 N–H and O–H groups in total. The third-order valence-corrected chi connectivity index (χ3v) is 25.3. The molecule has 1 aromatic heterocycles. The van der Waals surface area contributed by atoms with Crippen molar-refractivity contribution in [3.05, 3.63) is 71.9 Å². The van der Waals surface area contributed by atoms with Crippen molar-refractivity contribution in [1.29, 1.82) is 10.8 Å². The second kappa shape index (κ2) is 59.7. The number of hydrogen-bond donors (Lipinski definition) is 39. The second-order valence-corrected chi connectivity index (χ2v) is 44.8. The largest absolute Gasteiger partial charge is 0.526 e. The summed E-state index contributed by atoms with van der Waals surface area (Å²) in [6, 6.07) is -15.3. The molecule has 838 valence electrons. The quantitative estimate of drug-likeness (QED) is 0.0108. The molecule has 0 aliphatic rings. The summed E-state index contributed by atoms with van der Waals surface area (Å²) in [6.07, 6.45) is -10.9. The van der Waals surface area contributed by atoms with E-state index in [2.05, 4.69) is 67.5 Å². The molecule has 0 saturated carbocycles. The maximum absolute atomic E-state index is 15.3. The minimum atomic E-state index is -5.93. The van der Waals surface area contributed by atoms with E-state index in [9.17, 15) is 172 Å². The summed E-state index contributed by atoms with van der Waals surface area (Å²) in [6.45, 7) is 6.57. The Hall–Kier alpha value is -11.0. The number of benzene rings is 2. The molecule has 1 heterocycles. The number of rotatable bonds is 63. The summed E-state index contributed by atoms with van der Waals surface area (Å²) in [5.74, 6) is -30.1. The molecule has 0 saturated heterocycles. The molecule has 3 aromatic rings. The van der Waals surface area contributed by atoms with E-state index in [1.165, 1.54) is 109 Å². The van der Waals surface area contributed by atoms with Crippen molar-refractivity contribution >= 4 is 197 Å². The average molecular weight is 2300 g/mol. The van der Waals surface area contributed by atoms with Crippen molar-refractivity contribution < 1.29 is 210 Å². The van der Waals surface area contributed by atoms with Gasteiger partial charge >= 0.3 is 74.1 Å². The first-order valence-corrected chi connectivity index (χ1v) is 57.8. The van der Waals surface area contributed by atoms with E-state index >= 15 is 19.2 Å². The number of nitrogens with two attached hydrogens (primary N) is 1. The van der Waals surface area contributed by atoms with Gasteiger partial charge < -0.3 is 158 Å². The molecule has 0 bridgehead atoms. The van der Waals surface area contributed by atoms with Gasteiger partial charge in [0.2, 0.25) is 88.6 Å². The van der Waals surface area contributed by atoms with Crippen molar-refractivity contribution in [3.63, 3.8) is 0 Å². The van der Waals surface area contributed by atoms with Crippen molar-refractivity contribution in [2.24, 2.45) is 17.6 Å². The molecule has 2 aromatic carbocycles. The SMILES string of the molecule is CSCC[C@H](NC(=O)[C@H](CC(C)C)NC(=O)[C@H](Cc1cn(P(=O)(O)O)c2ccccc12)NC(=O)[C@H](CCC(=O)NP(=O)(O)O)NC(=O)[C@@H](NC(=O)[C@H](Cc1ccccc1)NC(=O)[C@H](CC(=O)OP(=O)(O)O)NC(=O)[C@H](CCC(=O)NP(=O)(O)O)NC(=O)[C@H](C)NC(=O)[C@H](CCCNC(=N)NP(=O)(O)O)NC(=O)[C@@H](N)CCCNC(=N)NP(=O)(O)O)C(C)C)C(=O)N[C@@H](CC(=O)NP(=O)(O)O)C(=O)N[C@H](C(=O)O)[C@@H](C)OP(=O)(O)O. The number of amides is 15. The van der Waals surface area contributed by atoms with Crippen molar-refractivity contribution in [1.82, 2.24) is 104 Å². The van der Waals surface area contributed by atoms with Crippen molar-refractivity contribution in [2.75, 3.05) is 25.1 Å². The van der Waals surface area contributed by atoms with Crippen LogP contribution in [0.2, 0.25) is 0 Å². The molecule has 0 spiro atoms. The Morgan fingerprint density at radius 3 is 1.26 bits per heavy atom. The maximum atomic E-state index is 15.3. The van der Waals surface area contributed by atoms with Crippen LogP contribution in [0.15, 0.2) is 60.8 Å². The molecule has 0 radical (unpaired) electrons. The molecule has 149 heavy (non-hydrogen) atoms. The number of carboxylic acids is 1. The monoisotopic (exact) mass is 2300 g/mol. The van der Waals surface area contributed by atoms with Crippen LogP contribution in [0.4, 0.5) is 0 Å². The number of nitrogens with zero attached hydrogens (tertiary/aromatic N) is 1. The number of thioether (sulfide) groups is 1.